The average Bonchev–Trinajstić information content (AvgIpc) is 2.77. The molecule has 2 aromatic rings. The Labute approximate surface area is 113 Å². The van der Waals surface area contributed by atoms with E-state index in [0.717, 1.165) is 22.3 Å². The first-order valence-corrected chi connectivity index (χ1v) is 6.41. The molecule has 19 heavy (non-hydrogen) atoms. The Bertz CT molecular complexity index is 574. The van der Waals surface area contributed by atoms with Crippen LogP contribution in [-0.2, 0) is 0 Å². The van der Waals surface area contributed by atoms with E-state index in [0.29, 0.717) is 24.9 Å². The van der Waals surface area contributed by atoms with Gasteiger partial charge in [0, 0.05) is 12.7 Å². The summed E-state index contributed by atoms with van der Waals surface area (Å²) >= 11 is 0. The van der Waals surface area contributed by atoms with Gasteiger partial charge in [-0.2, -0.15) is 0 Å². The number of anilines is 1. The van der Waals surface area contributed by atoms with Crippen LogP contribution in [0.2, 0.25) is 0 Å². The fourth-order valence-electron chi connectivity index (χ4n) is 1.67. The van der Waals surface area contributed by atoms with E-state index in [2.05, 4.69) is 40.7 Å². The first kappa shape index (κ1) is 13.4. The van der Waals surface area contributed by atoms with Crippen LogP contribution in [0.5, 0.6) is 5.88 Å². The van der Waals surface area contributed by atoms with E-state index in [9.17, 15) is 0 Å². The second-order valence-electron chi connectivity index (χ2n) is 5.12. The van der Waals surface area contributed by atoms with Crippen LogP contribution in [0.3, 0.4) is 0 Å². The van der Waals surface area contributed by atoms with Crippen molar-refractivity contribution < 1.29 is 4.74 Å². The van der Waals surface area contributed by atoms with Crippen molar-refractivity contribution in [1.82, 2.24) is 15.0 Å². The summed E-state index contributed by atoms with van der Waals surface area (Å²) < 4.78 is 5.75. The average molecular weight is 260 g/mol. The monoisotopic (exact) mass is 260 g/mol. The van der Waals surface area contributed by atoms with Crippen LogP contribution < -0.4 is 10.1 Å². The zero-order valence-corrected chi connectivity index (χ0v) is 11.7. The smallest absolute Gasteiger partial charge is 0.228 e. The highest BCUT2D eigenvalue weighted by Gasteiger charge is 2.12. The summed E-state index contributed by atoms with van der Waals surface area (Å²) in [4.78, 5) is 11.5. The number of nitrogens with zero attached hydrogens (tertiary/aromatic N) is 2. The van der Waals surface area contributed by atoms with E-state index in [1.807, 2.05) is 13.1 Å². The molecule has 0 atom stereocenters. The van der Waals surface area contributed by atoms with Gasteiger partial charge in [0.2, 0.25) is 5.88 Å². The van der Waals surface area contributed by atoms with Crippen molar-refractivity contribution in [3.63, 3.8) is 0 Å². The zero-order chi connectivity index (χ0) is 13.8. The molecule has 2 heterocycles. The Morgan fingerprint density at radius 3 is 2.95 bits per heavy atom. The molecule has 0 saturated heterocycles. The van der Waals surface area contributed by atoms with Crippen LogP contribution in [0.4, 0.5) is 5.69 Å². The highest BCUT2D eigenvalue weighted by molar-refractivity contribution is 5.94. The first-order valence-electron chi connectivity index (χ1n) is 6.41. The van der Waals surface area contributed by atoms with Crippen molar-refractivity contribution in [3.8, 4) is 5.88 Å². The minimum absolute atomic E-state index is 0.454. The van der Waals surface area contributed by atoms with Gasteiger partial charge in [-0.25, -0.2) is 9.97 Å². The number of hydrogen-bond donors (Lipinski definition) is 2. The highest BCUT2D eigenvalue weighted by atomic mass is 16.5. The lowest BCUT2D eigenvalue weighted by molar-refractivity contribution is 0.264. The fourth-order valence-corrected chi connectivity index (χ4v) is 1.67. The number of nitrogens with one attached hydrogen (secondary N) is 2. The maximum absolute atomic E-state index is 5.75. The van der Waals surface area contributed by atoms with E-state index in [4.69, 9.17) is 4.74 Å². The van der Waals surface area contributed by atoms with Gasteiger partial charge in [0.05, 0.1) is 12.3 Å². The molecule has 0 aromatic carbocycles. The van der Waals surface area contributed by atoms with Gasteiger partial charge in [0.25, 0.3) is 0 Å². The van der Waals surface area contributed by atoms with Crippen LogP contribution in [0.25, 0.3) is 11.0 Å². The molecule has 0 bridgehead atoms. The van der Waals surface area contributed by atoms with Gasteiger partial charge in [0.15, 0.2) is 0 Å². The normalized spacial score (nSPS) is 10.9. The molecule has 102 valence electrons. The topological polar surface area (TPSA) is 62.8 Å². The Morgan fingerprint density at radius 1 is 1.47 bits per heavy atom. The van der Waals surface area contributed by atoms with E-state index in [1.165, 1.54) is 6.33 Å². The lowest BCUT2D eigenvalue weighted by Gasteiger charge is -2.10. The molecule has 2 aromatic heterocycles. The standard InChI is InChI=1S/C14H20N4O/c1-9(2)5-15-11-6-16-13-12(11)14(18-8-17-13)19-7-10(3)4/h6,8,10,15H,1,5,7H2,2-4H3,(H,16,17,18). The minimum atomic E-state index is 0.454. The van der Waals surface area contributed by atoms with Crippen molar-refractivity contribution in [2.75, 3.05) is 18.5 Å². The van der Waals surface area contributed by atoms with Gasteiger partial charge in [0.1, 0.15) is 17.4 Å². The number of fused-ring (bicyclic) bond motifs is 1. The number of rotatable bonds is 6. The third-order valence-electron chi connectivity index (χ3n) is 2.57. The van der Waals surface area contributed by atoms with Crippen molar-refractivity contribution in [2.45, 2.75) is 20.8 Å². The summed E-state index contributed by atoms with van der Waals surface area (Å²) in [6.07, 6.45) is 3.39. The summed E-state index contributed by atoms with van der Waals surface area (Å²) in [7, 11) is 0. The number of aromatic nitrogens is 3. The Hall–Kier alpha value is -2.04. The van der Waals surface area contributed by atoms with Gasteiger partial charge in [-0.3, -0.25) is 0 Å². The van der Waals surface area contributed by atoms with E-state index < -0.39 is 0 Å². The summed E-state index contributed by atoms with van der Waals surface area (Å²) in [6.45, 7) is 11.4. The summed E-state index contributed by atoms with van der Waals surface area (Å²) in [5, 5.41) is 4.20. The SMILES string of the molecule is C=C(C)CNc1c[nH]c2ncnc(OCC(C)C)c12. The molecule has 2 rings (SSSR count). The second-order valence-corrected chi connectivity index (χ2v) is 5.12. The maximum atomic E-state index is 5.75. The Morgan fingerprint density at radius 2 is 2.26 bits per heavy atom. The molecule has 0 aliphatic carbocycles. The van der Waals surface area contributed by atoms with Crippen molar-refractivity contribution in [1.29, 1.82) is 0 Å². The quantitative estimate of drug-likeness (QED) is 0.784. The predicted octanol–water partition coefficient (Wildman–Crippen LogP) is 2.98. The van der Waals surface area contributed by atoms with E-state index in [-0.39, 0.29) is 0 Å². The Balaban J connectivity index is 2.29. The zero-order valence-electron chi connectivity index (χ0n) is 11.7. The molecule has 0 aliphatic heterocycles. The first-order chi connectivity index (χ1) is 9.08. The van der Waals surface area contributed by atoms with Gasteiger partial charge < -0.3 is 15.0 Å². The molecule has 0 aliphatic rings. The third-order valence-corrected chi connectivity index (χ3v) is 2.57. The molecule has 2 N–H and O–H groups in total. The predicted molar refractivity (Wildman–Crippen MR) is 77.5 cm³/mol. The van der Waals surface area contributed by atoms with Gasteiger partial charge in [-0.1, -0.05) is 26.0 Å². The molecular formula is C14H20N4O. The molecule has 0 spiro atoms. The molecule has 0 unspecified atom stereocenters. The van der Waals surface area contributed by atoms with Crippen molar-refractivity contribution >= 4 is 16.7 Å². The minimum Gasteiger partial charge on any atom is -0.477 e. The summed E-state index contributed by atoms with van der Waals surface area (Å²) in [5.41, 5.74) is 2.78. The fraction of sp³-hybridized carbons (Fsp3) is 0.429. The third kappa shape index (κ3) is 3.24. The van der Waals surface area contributed by atoms with Crippen molar-refractivity contribution in [3.05, 3.63) is 24.7 Å². The van der Waals surface area contributed by atoms with E-state index >= 15 is 0 Å². The molecule has 5 nitrogen and oxygen atoms in total. The number of aromatic amines is 1. The van der Waals surface area contributed by atoms with E-state index in [1.54, 1.807) is 0 Å². The van der Waals surface area contributed by atoms with Crippen LogP contribution in [0.15, 0.2) is 24.7 Å². The lowest BCUT2D eigenvalue weighted by atomic mass is 10.2. The van der Waals surface area contributed by atoms with Crippen LogP contribution in [0.1, 0.15) is 20.8 Å². The molecule has 0 fully saturated rings. The molecule has 5 heteroatoms. The number of hydrogen-bond acceptors (Lipinski definition) is 4. The van der Waals surface area contributed by atoms with Gasteiger partial charge >= 0.3 is 0 Å². The lowest BCUT2D eigenvalue weighted by Crippen LogP contribution is -2.07. The largest absolute Gasteiger partial charge is 0.477 e. The van der Waals surface area contributed by atoms with Gasteiger partial charge in [-0.15, -0.1) is 0 Å². The van der Waals surface area contributed by atoms with Crippen LogP contribution in [-0.4, -0.2) is 28.1 Å². The van der Waals surface area contributed by atoms with Crippen molar-refractivity contribution in [2.24, 2.45) is 5.92 Å². The highest BCUT2D eigenvalue weighted by Crippen LogP contribution is 2.29. The molecule has 0 amide bonds. The molecule has 0 radical (unpaired) electrons. The molecular weight excluding hydrogens is 240 g/mol. The van der Waals surface area contributed by atoms with Crippen LogP contribution in [0, 0.1) is 5.92 Å². The van der Waals surface area contributed by atoms with Crippen LogP contribution >= 0.6 is 0 Å². The maximum Gasteiger partial charge on any atom is 0.228 e. The summed E-state index contributed by atoms with van der Waals surface area (Å²) in [5.74, 6) is 1.07. The van der Waals surface area contributed by atoms with Gasteiger partial charge in [-0.05, 0) is 12.8 Å². The summed E-state index contributed by atoms with van der Waals surface area (Å²) in [6, 6.07) is 0. The number of H-pyrrole nitrogens is 1. The Kier molecular flexibility index (Phi) is 4.04. The molecule has 0 saturated carbocycles. The number of ether oxygens (including phenoxy) is 1. The second kappa shape index (κ2) is 5.73.